The average molecular weight is 363 g/mol. The molecule has 124 valence electrons. The van der Waals surface area contributed by atoms with Gasteiger partial charge in [0.2, 0.25) is 5.91 Å². The molecule has 1 aromatic carbocycles. The van der Waals surface area contributed by atoms with Crippen molar-refractivity contribution in [3.8, 4) is 6.07 Å². The molecule has 0 fully saturated rings. The van der Waals surface area contributed by atoms with Crippen LogP contribution < -0.4 is 5.32 Å². The van der Waals surface area contributed by atoms with Crippen LogP contribution in [0.4, 0.5) is 0 Å². The molecule has 24 heavy (non-hydrogen) atoms. The first kappa shape index (κ1) is 18.1. The molecular weight excluding hydrogens is 348 g/mol. The highest BCUT2D eigenvalue weighted by Gasteiger charge is 2.44. The normalized spacial score (nSPS) is 20.1. The van der Waals surface area contributed by atoms with E-state index in [0.717, 1.165) is 0 Å². The summed E-state index contributed by atoms with van der Waals surface area (Å²) >= 11 is 7.20. The van der Waals surface area contributed by atoms with Crippen LogP contribution in [0.3, 0.4) is 0 Å². The summed E-state index contributed by atoms with van der Waals surface area (Å²) in [5.41, 5.74) is 0.970. The number of esters is 1. The van der Waals surface area contributed by atoms with Crippen molar-refractivity contribution in [3.05, 3.63) is 58.1 Å². The van der Waals surface area contributed by atoms with Crippen LogP contribution in [0.2, 0.25) is 5.02 Å². The summed E-state index contributed by atoms with van der Waals surface area (Å²) in [6, 6.07) is 8.84. The van der Waals surface area contributed by atoms with Gasteiger partial charge in [0.1, 0.15) is 5.92 Å². The van der Waals surface area contributed by atoms with Crippen molar-refractivity contribution < 1.29 is 14.3 Å². The fraction of sp³-hybridized carbons (Fsp3) is 0.235. The summed E-state index contributed by atoms with van der Waals surface area (Å²) in [6.45, 7) is 3.63. The van der Waals surface area contributed by atoms with Crippen molar-refractivity contribution in [3.63, 3.8) is 0 Å². The third-order valence-corrected chi connectivity index (χ3v) is 4.82. The predicted molar refractivity (Wildman–Crippen MR) is 93.1 cm³/mol. The summed E-state index contributed by atoms with van der Waals surface area (Å²) in [5.74, 6) is -2.50. The summed E-state index contributed by atoms with van der Waals surface area (Å²) in [5, 5.41) is 13.2. The van der Waals surface area contributed by atoms with E-state index >= 15 is 0 Å². The van der Waals surface area contributed by atoms with E-state index in [1.54, 1.807) is 30.3 Å². The second-order valence-electron chi connectivity index (χ2n) is 4.97. The number of methoxy groups -OCH3 is 1. The van der Waals surface area contributed by atoms with Gasteiger partial charge in [-0.2, -0.15) is 5.26 Å². The van der Waals surface area contributed by atoms with E-state index in [-0.39, 0.29) is 0 Å². The van der Waals surface area contributed by atoms with Crippen LogP contribution in [0.25, 0.3) is 0 Å². The van der Waals surface area contributed by atoms with E-state index in [1.165, 1.54) is 18.9 Å². The maximum absolute atomic E-state index is 12.5. The van der Waals surface area contributed by atoms with E-state index in [9.17, 15) is 14.9 Å². The first-order valence-corrected chi connectivity index (χ1v) is 8.42. The zero-order chi connectivity index (χ0) is 17.7. The molecule has 7 heteroatoms. The Morgan fingerprint density at radius 2 is 2.17 bits per heavy atom. The number of carbonyl (C=O) groups is 2. The van der Waals surface area contributed by atoms with Crippen molar-refractivity contribution in [2.45, 2.75) is 5.92 Å². The van der Waals surface area contributed by atoms with Crippen LogP contribution in [0.5, 0.6) is 0 Å². The molecule has 1 aliphatic rings. The molecular formula is C17H15ClN2O3S. The Hall–Kier alpha value is -2.23. The van der Waals surface area contributed by atoms with Gasteiger partial charge in [-0.1, -0.05) is 29.8 Å². The molecule has 5 nitrogen and oxygen atoms in total. The number of amides is 1. The number of rotatable bonds is 5. The molecule has 0 aromatic heterocycles. The van der Waals surface area contributed by atoms with Crippen LogP contribution in [0, 0.1) is 17.2 Å². The van der Waals surface area contributed by atoms with Crippen LogP contribution in [0.1, 0.15) is 11.5 Å². The number of ether oxygens (including phenoxy) is 1. The summed E-state index contributed by atoms with van der Waals surface area (Å²) in [7, 11) is 1.21. The topological polar surface area (TPSA) is 79.2 Å². The van der Waals surface area contributed by atoms with Gasteiger partial charge in [0, 0.05) is 16.7 Å². The second kappa shape index (κ2) is 8.04. The molecule has 0 saturated heterocycles. The molecule has 1 N–H and O–H groups in total. The highest BCUT2D eigenvalue weighted by Crippen LogP contribution is 2.40. The maximum Gasteiger partial charge on any atom is 0.319 e. The van der Waals surface area contributed by atoms with Gasteiger partial charge >= 0.3 is 5.97 Å². The summed E-state index contributed by atoms with van der Waals surface area (Å²) < 4.78 is 4.76. The zero-order valence-electron chi connectivity index (χ0n) is 12.9. The van der Waals surface area contributed by atoms with Crippen molar-refractivity contribution in [1.82, 2.24) is 5.32 Å². The summed E-state index contributed by atoms with van der Waals surface area (Å²) in [4.78, 5) is 24.6. The number of nitrogens with zero attached hydrogens (tertiary/aromatic N) is 1. The van der Waals surface area contributed by atoms with Gasteiger partial charge in [-0.15, -0.1) is 18.3 Å². The van der Waals surface area contributed by atoms with Gasteiger partial charge in [-0.3, -0.25) is 9.59 Å². The Kier molecular flexibility index (Phi) is 6.07. The van der Waals surface area contributed by atoms with E-state index in [0.29, 0.717) is 26.9 Å². The Morgan fingerprint density at radius 3 is 2.71 bits per heavy atom. The number of hydrogen-bond acceptors (Lipinski definition) is 5. The number of halogens is 1. The van der Waals surface area contributed by atoms with E-state index in [2.05, 4.69) is 18.0 Å². The van der Waals surface area contributed by atoms with E-state index < -0.39 is 23.7 Å². The molecule has 1 amide bonds. The molecule has 0 radical (unpaired) electrons. The lowest BCUT2D eigenvalue weighted by molar-refractivity contribution is -0.150. The minimum Gasteiger partial charge on any atom is -0.468 e. The quantitative estimate of drug-likeness (QED) is 0.495. The monoisotopic (exact) mass is 362 g/mol. The first-order chi connectivity index (χ1) is 11.5. The average Bonchev–Trinajstić information content (AvgIpc) is 2.59. The molecule has 2 atom stereocenters. The number of nitriles is 1. The fourth-order valence-electron chi connectivity index (χ4n) is 2.49. The van der Waals surface area contributed by atoms with Crippen molar-refractivity contribution in [2.75, 3.05) is 12.9 Å². The fourth-order valence-corrected chi connectivity index (χ4v) is 3.40. The molecule has 1 aromatic rings. The highest BCUT2D eigenvalue weighted by molar-refractivity contribution is 8.03. The number of nitrogens with one attached hydrogen (secondary N) is 1. The van der Waals surface area contributed by atoms with Gasteiger partial charge in [0.15, 0.2) is 0 Å². The molecule has 0 unspecified atom stereocenters. The second-order valence-corrected chi connectivity index (χ2v) is 6.44. The SMILES string of the molecule is C=CCSC1=C(C#N)[C@@H](c2ccc(Cl)cc2)[C@@H](C(=O)OC)C(=O)N1. The van der Waals surface area contributed by atoms with Crippen LogP contribution in [-0.2, 0) is 14.3 Å². The van der Waals surface area contributed by atoms with Crippen LogP contribution in [-0.4, -0.2) is 24.7 Å². The standard InChI is InChI=1S/C17H15ClN2O3S/c1-3-8-24-16-12(9-19)13(10-4-6-11(18)7-5-10)14(15(21)20-16)17(22)23-2/h3-7,13-14H,1,8H2,2H3,(H,20,21)/t13-,14-/m1/s1. The van der Waals surface area contributed by atoms with Gasteiger partial charge in [-0.25, -0.2) is 0 Å². The molecule has 0 bridgehead atoms. The Bertz CT molecular complexity index is 737. The first-order valence-electron chi connectivity index (χ1n) is 7.05. The third-order valence-electron chi connectivity index (χ3n) is 3.56. The largest absolute Gasteiger partial charge is 0.468 e. The number of allylic oxidation sites excluding steroid dienone is 1. The minimum atomic E-state index is -1.13. The Morgan fingerprint density at radius 1 is 1.50 bits per heavy atom. The van der Waals surface area contributed by atoms with Crippen molar-refractivity contribution in [2.24, 2.45) is 5.92 Å². The van der Waals surface area contributed by atoms with Crippen LogP contribution >= 0.6 is 23.4 Å². The lowest BCUT2D eigenvalue weighted by Gasteiger charge is -2.30. The van der Waals surface area contributed by atoms with Crippen molar-refractivity contribution >= 4 is 35.2 Å². The highest BCUT2D eigenvalue weighted by atomic mass is 35.5. The molecule has 0 aliphatic carbocycles. The van der Waals surface area contributed by atoms with Crippen molar-refractivity contribution in [1.29, 1.82) is 5.26 Å². The van der Waals surface area contributed by atoms with Gasteiger partial charge in [-0.05, 0) is 17.7 Å². The lowest BCUT2D eigenvalue weighted by atomic mass is 9.78. The van der Waals surface area contributed by atoms with Gasteiger partial charge in [0.25, 0.3) is 0 Å². The third kappa shape index (κ3) is 3.64. The van der Waals surface area contributed by atoms with E-state index in [4.69, 9.17) is 16.3 Å². The molecule has 0 spiro atoms. The van der Waals surface area contributed by atoms with Gasteiger partial charge in [0.05, 0.1) is 23.8 Å². The number of carbonyl (C=O) groups excluding carboxylic acids is 2. The summed E-state index contributed by atoms with van der Waals surface area (Å²) in [6.07, 6.45) is 1.67. The zero-order valence-corrected chi connectivity index (χ0v) is 14.5. The molecule has 0 saturated carbocycles. The predicted octanol–water partition coefficient (Wildman–Crippen LogP) is 3.00. The lowest BCUT2D eigenvalue weighted by Crippen LogP contribution is -2.44. The number of hydrogen-bond donors (Lipinski definition) is 1. The molecule has 1 heterocycles. The Balaban J connectivity index is 2.59. The smallest absolute Gasteiger partial charge is 0.319 e. The Labute approximate surface area is 149 Å². The van der Waals surface area contributed by atoms with Gasteiger partial charge < -0.3 is 10.1 Å². The van der Waals surface area contributed by atoms with E-state index in [1.807, 2.05) is 0 Å². The number of benzene rings is 1. The minimum absolute atomic E-state index is 0.319. The maximum atomic E-state index is 12.5. The number of thioether (sulfide) groups is 1. The molecule has 1 aliphatic heterocycles. The molecule has 2 rings (SSSR count). The van der Waals surface area contributed by atoms with Crippen LogP contribution in [0.15, 0.2) is 47.5 Å².